The Labute approximate surface area is 154 Å². The van der Waals surface area contributed by atoms with Gasteiger partial charge in [-0.3, -0.25) is 0 Å². The van der Waals surface area contributed by atoms with Crippen molar-refractivity contribution in [3.63, 3.8) is 0 Å². The molecule has 2 unspecified atom stereocenters. The van der Waals surface area contributed by atoms with Gasteiger partial charge in [-0.2, -0.15) is 13.2 Å². The summed E-state index contributed by atoms with van der Waals surface area (Å²) < 4.78 is 74.6. The zero-order valence-electron chi connectivity index (χ0n) is 15.2. The van der Waals surface area contributed by atoms with Gasteiger partial charge in [0, 0.05) is 12.0 Å². The summed E-state index contributed by atoms with van der Waals surface area (Å²) in [5, 5.41) is 10.7. The van der Waals surface area contributed by atoms with E-state index in [9.17, 15) is 27.1 Å². The van der Waals surface area contributed by atoms with Gasteiger partial charge in [0.1, 0.15) is 17.4 Å². The molecule has 0 aromatic heterocycles. The maximum Gasteiger partial charge on any atom is 0.398 e. The Morgan fingerprint density at radius 1 is 1.00 bits per heavy atom. The average molecular weight is 388 g/mol. The smallest absolute Gasteiger partial charge is 0.398 e. The monoisotopic (exact) mass is 388 g/mol. The molecule has 2 aromatic carbocycles. The standard InChI is InChI=1S/C20H21F5O2/c1-18(26,11-13-6-4-5-7-16(13)22)12-19(2,20(23,24)25)15-10-14(21)8-9-17(15)27-3/h4-10,26H,11-12H2,1-3H3. The third kappa shape index (κ3) is 4.58. The average Bonchev–Trinajstić information content (AvgIpc) is 2.55. The summed E-state index contributed by atoms with van der Waals surface area (Å²) in [6.07, 6.45) is -5.95. The highest BCUT2D eigenvalue weighted by Gasteiger charge is 2.56. The van der Waals surface area contributed by atoms with Crippen LogP contribution in [0.1, 0.15) is 31.4 Å². The predicted molar refractivity (Wildman–Crippen MR) is 91.7 cm³/mol. The summed E-state index contributed by atoms with van der Waals surface area (Å²) >= 11 is 0. The Balaban J connectivity index is 2.48. The predicted octanol–water partition coefficient (Wildman–Crippen LogP) is 5.18. The first-order valence-corrected chi connectivity index (χ1v) is 8.26. The lowest BCUT2D eigenvalue weighted by molar-refractivity contribution is -0.200. The molecule has 1 N–H and O–H groups in total. The van der Waals surface area contributed by atoms with Crippen molar-refractivity contribution < 1.29 is 31.8 Å². The van der Waals surface area contributed by atoms with Gasteiger partial charge in [0.2, 0.25) is 0 Å². The third-order valence-electron chi connectivity index (χ3n) is 4.65. The molecule has 0 aliphatic rings. The molecule has 0 heterocycles. The minimum Gasteiger partial charge on any atom is -0.496 e. The van der Waals surface area contributed by atoms with Gasteiger partial charge in [0.05, 0.1) is 18.1 Å². The lowest BCUT2D eigenvalue weighted by atomic mass is 9.71. The number of alkyl halides is 3. The molecule has 0 amide bonds. The van der Waals surface area contributed by atoms with Crippen LogP contribution in [0.15, 0.2) is 42.5 Å². The SMILES string of the molecule is COc1ccc(F)cc1C(C)(CC(C)(O)Cc1ccccc1F)C(F)(F)F. The Bertz CT molecular complexity index is 801. The highest BCUT2D eigenvalue weighted by molar-refractivity contribution is 5.41. The summed E-state index contributed by atoms with van der Waals surface area (Å²) in [4.78, 5) is 0. The van der Waals surface area contributed by atoms with Gasteiger partial charge in [-0.05, 0) is 50.1 Å². The second-order valence-corrected chi connectivity index (χ2v) is 7.12. The fourth-order valence-corrected chi connectivity index (χ4v) is 3.34. The number of hydrogen-bond acceptors (Lipinski definition) is 2. The molecule has 0 saturated carbocycles. The van der Waals surface area contributed by atoms with Crippen molar-refractivity contribution >= 4 is 0 Å². The summed E-state index contributed by atoms with van der Waals surface area (Å²) in [7, 11) is 1.19. The molecular weight excluding hydrogens is 367 g/mol. The second-order valence-electron chi connectivity index (χ2n) is 7.12. The van der Waals surface area contributed by atoms with E-state index in [1.54, 1.807) is 0 Å². The fourth-order valence-electron chi connectivity index (χ4n) is 3.34. The van der Waals surface area contributed by atoms with Crippen LogP contribution in [0.3, 0.4) is 0 Å². The van der Waals surface area contributed by atoms with Crippen LogP contribution in [0.25, 0.3) is 0 Å². The number of aliphatic hydroxyl groups is 1. The van der Waals surface area contributed by atoms with Crippen LogP contribution in [0.5, 0.6) is 5.75 Å². The van der Waals surface area contributed by atoms with Crippen molar-refractivity contribution in [1.82, 2.24) is 0 Å². The zero-order valence-corrected chi connectivity index (χ0v) is 15.2. The van der Waals surface area contributed by atoms with Gasteiger partial charge in [0.25, 0.3) is 0 Å². The second kappa shape index (κ2) is 7.46. The molecule has 7 heteroatoms. The molecule has 148 valence electrons. The number of hydrogen-bond donors (Lipinski definition) is 1. The van der Waals surface area contributed by atoms with Gasteiger partial charge in [-0.25, -0.2) is 8.78 Å². The minimum atomic E-state index is -4.81. The number of ether oxygens (including phenoxy) is 1. The van der Waals surface area contributed by atoms with Crippen molar-refractivity contribution in [3.05, 3.63) is 65.2 Å². The number of rotatable bonds is 6. The third-order valence-corrected chi connectivity index (χ3v) is 4.65. The van der Waals surface area contributed by atoms with Crippen LogP contribution in [-0.4, -0.2) is 24.0 Å². The van der Waals surface area contributed by atoms with Crippen LogP contribution in [0.2, 0.25) is 0 Å². The number of benzene rings is 2. The Kier molecular flexibility index (Phi) is 5.85. The molecule has 0 radical (unpaired) electrons. The topological polar surface area (TPSA) is 29.5 Å². The van der Waals surface area contributed by atoms with Crippen LogP contribution in [0, 0.1) is 11.6 Å². The van der Waals surface area contributed by atoms with Gasteiger partial charge >= 0.3 is 6.18 Å². The maximum absolute atomic E-state index is 14.0. The highest BCUT2D eigenvalue weighted by atomic mass is 19.4. The molecule has 2 nitrogen and oxygen atoms in total. The van der Waals surface area contributed by atoms with Gasteiger partial charge in [-0.1, -0.05) is 18.2 Å². The molecule has 2 aromatic rings. The quantitative estimate of drug-likeness (QED) is 0.692. The number of methoxy groups -OCH3 is 1. The first-order chi connectivity index (χ1) is 12.4. The minimum absolute atomic E-state index is 0.0956. The zero-order chi connectivity index (χ0) is 20.5. The molecule has 0 saturated heterocycles. The maximum atomic E-state index is 14.0. The van der Waals surface area contributed by atoms with Crippen LogP contribution in [0.4, 0.5) is 22.0 Å². The van der Waals surface area contributed by atoms with E-state index in [0.29, 0.717) is 0 Å². The van der Waals surface area contributed by atoms with E-state index in [2.05, 4.69) is 0 Å². The van der Waals surface area contributed by atoms with Gasteiger partial charge in [0.15, 0.2) is 0 Å². The summed E-state index contributed by atoms with van der Waals surface area (Å²) in [5.41, 5.74) is -4.86. The van der Waals surface area contributed by atoms with Crippen molar-refractivity contribution in [1.29, 1.82) is 0 Å². The van der Waals surface area contributed by atoms with E-state index in [1.165, 1.54) is 38.3 Å². The molecule has 27 heavy (non-hydrogen) atoms. The summed E-state index contributed by atoms with van der Waals surface area (Å²) in [5.74, 6) is -1.61. The van der Waals surface area contributed by atoms with Crippen molar-refractivity contribution in [3.8, 4) is 5.75 Å². The molecule has 0 aliphatic carbocycles. The van der Waals surface area contributed by atoms with E-state index in [1.807, 2.05) is 0 Å². The summed E-state index contributed by atoms with van der Waals surface area (Å²) in [6, 6.07) is 8.42. The van der Waals surface area contributed by atoms with Crippen molar-refractivity contribution in [2.45, 2.75) is 43.9 Å². The van der Waals surface area contributed by atoms with Crippen LogP contribution in [-0.2, 0) is 11.8 Å². The summed E-state index contributed by atoms with van der Waals surface area (Å²) in [6.45, 7) is 2.08. The van der Waals surface area contributed by atoms with E-state index in [4.69, 9.17) is 4.74 Å². The molecule has 0 spiro atoms. The largest absolute Gasteiger partial charge is 0.496 e. The molecule has 0 fully saturated rings. The van der Waals surface area contributed by atoms with E-state index in [0.717, 1.165) is 25.1 Å². The molecular formula is C20H21F5O2. The normalized spacial score (nSPS) is 16.5. The van der Waals surface area contributed by atoms with Crippen LogP contribution < -0.4 is 4.74 Å². The number of halogens is 5. The highest BCUT2D eigenvalue weighted by Crippen LogP contribution is 2.49. The first-order valence-electron chi connectivity index (χ1n) is 8.26. The van der Waals surface area contributed by atoms with E-state index in [-0.39, 0.29) is 17.7 Å². The van der Waals surface area contributed by atoms with Crippen molar-refractivity contribution in [2.24, 2.45) is 0 Å². The Hall–Kier alpha value is -2.15. The lowest BCUT2D eigenvalue weighted by Crippen LogP contribution is -2.47. The molecule has 0 bridgehead atoms. The lowest BCUT2D eigenvalue weighted by Gasteiger charge is -2.39. The van der Waals surface area contributed by atoms with Crippen LogP contribution >= 0.6 is 0 Å². The van der Waals surface area contributed by atoms with Crippen molar-refractivity contribution in [2.75, 3.05) is 7.11 Å². The first kappa shape index (κ1) is 21.2. The van der Waals surface area contributed by atoms with E-state index < -0.39 is 40.8 Å². The Morgan fingerprint density at radius 2 is 1.63 bits per heavy atom. The molecule has 2 rings (SSSR count). The molecule has 2 atom stereocenters. The fraction of sp³-hybridized carbons (Fsp3) is 0.400. The van der Waals surface area contributed by atoms with E-state index >= 15 is 0 Å². The van der Waals surface area contributed by atoms with Gasteiger partial charge in [-0.15, -0.1) is 0 Å². The Morgan fingerprint density at radius 3 is 2.19 bits per heavy atom. The van der Waals surface area contributed by atoms with Gasteiger partial charge < -0.3 is 9.84 Å². The molecule has 0 aliphatic heterocycles.